The van der Waals surface area contributed by atoms with E-state index in [0.717, 1.165) is 5.56 Å². The molecule has 3 aromatic rings. The van der Waals surface area contributed by atoms with Gasteiger partial charge in [0.1, 0.15) is 10.8 Å². The fraction of sp³-hybridized carbons (Fsp3) is 0.158. The Bertz CT molecular complexity index is 890. The minimum atomic E-state index is -0.285. The quantitative estimate of drug-likeness (QED) is 0.652. The summed E-state index contributed by atoms with van der Waals surface area (Å²) < 4.78 is 7.03. The molecule has 0 fully saturated rings. The summed E-state index contributed by atoms with van der Waals surface area (Å²) in [6.07, 6.45) is 1.67. The van der Waals surface area contributed by atoms with Gasteiger partial charge in [0.15, 0.2) is 5.82 Å². The molecule has 0 saturated carbocycles. The van der Waals surface area contributed by atoms with Gasteiger partial charge in [0.25, 0.3) is 5.91 Å². The molecule has 0 saturated heterocycles. The highest BCUT2D eigenvalue weighted by Gasteiger charge is 2.13. The molecule has 1 aromatic heterocycles. The molecule has 134 valence electrons. The van der Waals surface area contributed by atoms with Gasteiger partial charge in [0, 0.05) is 16.8 Å². The molecule has 1 heterocycles. The number of nitrogens with one attached hydrogen (secondary N) is 1. The zero-order valence-electron chi connectivity index (χ0n) is 14.1. The van der Waals surface area contributed by atoms with Crippen molar-refractivity contribution in [2.45, 2.75) is 13.5 Å². The maximum Gasteiger partial charge on any atom is 0.256 e. The predicted molar refractivity (Wildman–Crippen MR) is 103 cm³/mol. The largest absolute Gasteiger partial charge is 0.494 e. The number of hydrogen-bond donors (Lipinski definition) is 1. The molecular weight excluding hydrogens is 373 g/mol. The lowest BCUT2D eigenvalue weighted by atomic mass is 10.2. The summed E-state index contributed by atoms with van der Waals surface area (Å²) in [5.74, 6) is 0.750. The second kappa shape index (κ2) is 8.25. The van der Waals surface area contributed by atoms with E-state index < -0.39 is 0 Å². The first-order chi connectivity index (χ1) is 12.5. The fourth-order valence-electron chi connectivity index (χ4n) is 2.39. The first-order valence-corrected chi connectivity index (χ1v) is 8.82. The van der Waals surface area contributed by atoms with E-state index in [1.54, 1.807) is 35.1 Å². The van der Waals surface area contributed by atoms with E-state index in [4.69, 9.17) is 27.9 Å². The molecule has 0 atom stereocenters. The zero-order valence-corrected chi connectivity index (χ0v) is 15.6. The number of carbonyl (C=O) groups excluding carboxylic acids is 1. The first-order valence-electron chi connectivity index (χ1n) is 8.06. The number of benzene rings is 2. The van der Waals surface area contributed by atoms with E-state index in [0.29, 0.717) is 40.3 Å². The van der Waals surface area contributed by atoms with Crippen molar-refractivity contribution < 1.29 is 9.53 Å². The Morgan fingerprint density at radius 3 is 2.46 bits per heavy atom. The number of hydrogen-bond acceptors (Lipinski definition) is 3. The number of halogens is 2. The average Bonchev–Trinajstić information content (AvgIpc) is 2.97. The van der Waals surface area contributed by atoms with Gasteiger partial charge in [-0.25, -0.2) is 0 Å². The van der Waals surface area contributed by atoms with Crippen LogP contribution in [0, 0.1) is 0 Å². The minimum absolute atomic E-state index is 0.285. The zero-order chi connectivity index (χ0) is 18.5. The Balaban J connectivity index is 1.68. The van der Waals surface area contributed by atoms with Gasteiger partial charge in [-0.2, -0.15) is 5.10 Å². The van der Waals surface area contributed by atoms with E-state index in [1.807, 2.05) is 31.2 Å². The normalized spacial score (nSPS) is 10.6. The van der Waals surface area contributed by atoms with Crippen LogP contribution in [-0.4, -0.2) is 22.3 Å². The number of nitrogens with zero attached hydrogens (tertiary/aromatic N) is 2. The lowest BCUT2D eigenvalue weighted by molar-refractivity contribution is 0.102. The van der Waals surface area contributed by atoms with Crippen LogP contribution in [-0.2, 0) is 6.54 Å². The van der Waals surface area contributed by atoms with Crippen LogP contribution < -0.4 is 10.1 Å². The van der Waals surface area contributed by atoms with Gasteiger partial charge in [-0.3, -0.25) is 9.48 Å². The molecule has 5 nitrogen and oxygen atoms in total. The minimum Gasteiger partial charge on any atom is -0.494 e. The molecule has 0 aliphatic carbocycles. The van der Waals surface area contributed by atoms with Crippen molar-refractivity contribution in [2.24, 2.45) is 0 Å². The predicted octanol–water partition coefficient (Wildman–Crippen LogP) is 4.89. The monoisotopic (exact) mass is 389 g/mol. The number of aromatic nitrogens is 2. The molecule has 7 heteroatoms. The molecule has 26 heavy (non-hydrogen) atoms. The first kappa shape index (κ1) is 18.3. The Hall–Kier alpha value is -2.50. The van der Waals surface area contributed by atoms with Crippen LogP contribution in [0.1, 0.15) is 22.8 Å². The fourth-order valence-corrected chi connectivity index (χ4v) is 2.71. The van der Waals surface area contributed by atoms with Gasteiger partial charge in [-0.1, -0.05) is 35.3 Å². The molecule has 0 aliphatic rings. The van der Waals surface area contributed by atoms with Gasteiger partial charge in [0.2, 0.25) is 0 Å². The summed E-state index contributed by atoms with van der Waals surface area (Å²) >= 11 is 12.1. The van der Waals surface area contributed by atoms with Crippen LogP contribution in [0.2, 0.25) is 10.0 Å². The maximum atomic E-state index is 12.4. The molecule has 0 unspecified atom stereocenters. The summed E-state index contributed by atoms with van der Waals surface area (Å²) in [5, 5.41) is 8.11. The van der Waals surface area contributed by atoms with Crippen LogP contribution >= 0.6 is 23.2 Å². The lowest BCUT2D eigenvalue weighted by Gasteiger charge is -2.05. The molecule has 0 spiro atoms. The second-order valence-electron chi connectivity index (χ2n) is 5.56. The lowest BCUT2D eigenvalue weighted by Crippen LogP contribution is -2.13. The van der Waals surface area contributed by atoms with Crippen LogP contribution in [0.4, 0.5) is 5.82 Å². The molecule has 0 bridgehead atoms. The van der Waals surface area contributed by atoms with E-state index in [2.05, 4.69) is 10.4 Å². The Morgan fingerprint density at radius 1 is 1.12 bits per heavy atom. The number of anilines is 1. The maximum absolute atomic E-state index is 12.4. The molecular formula is C19H17Cl2N3O2. The molecule has 3 rings (SSSR count). The van der Waals surface area contributed by atoms with Gasteiger partial charge in [-0.15, -0.1) is 0 Å². The van der Waals surface area contributed by atoms with Crippen LogP contribution in [0.15, 0.2) is 54.7 Å². The number of rotatable bonds is 6. The summed E-state index contributed by atoms with van der Waals surface area (Å²) in [6, 6.07) is 14.3. The van der Waals surface area contributed by atoms with Crippen molar-refractivity contribution in [3.63, 3.8) is 0 Å². The van der Waals surface area contributed by atoms with Crippen LogP contribution in [0.3, 0.4) is 0 Å². The Kier molecular flexibility index (Phi) is 5.81. The number of ether oxygens (including phenoxy) is 1. The van der Waals surface area contributed by atoms with Gasteiger partial charge in [0.05, 0.1) is 13.2 Å². The highest BCUT2D eigenvalue weighted by atomic mass is 35.5. The van der Waals surface area contributed by atoms with Crippen LogP contribution in [0.5, 0.6) is 5.75 Å². The van der Waals surface area contributed by atoms with E-state index in [9.17, 15) is 4.79 Å². The summed E-state index contributed by atoms with van der Waals surface area (Å²) in [7, 11) is 0. The topological polar surface area (TPSA) is 56.1 Å². The summed E-state index contributed by atoms with van der Waals surface area (Å²) in [5.41, 5.74) is 1.52. The molecule has 0 aliphatic heterocycles. The highest BCUT2D eigenvalue weighted by Crippen LogP contribution is 2.21. The summed E-state index contributed by atoms with van der Waals surface area (Å²) in [4.78, 5) is 12.4. The third kappa shape index (κ3) is 4.56. The van der Waals surface area contributed by atoms with Gasteiger partial charge >= 0.3 is 0 Å². The van der Waals surface area contributed by atoms with Crippen molar-refractivity contribution in [3.8, 4) is 5.75 Å². The molecule has 1 amide bonds. The number of amides is 1. The van der Waals surface area contributed by atoms with Gasteiger partial charge < -0.3 is 10.1 Å². The highest BCUT2D eigenvalue weighted by molar-refractivity contribution is 6.33. The Morgan fingerprint density at radius 2 is 1.81 bits per heavy atom. The smallest absolute Gasteiger partial charge is 0.256 e. The third-order valence-corrected chi connectivity index (χ3v) is 4.16. The van der Waals surface area contributed by atoms with Crippen LogP contribution in [0.25, 0.3) is 0 Å². The van der Waals surface area contributed by atoms with Crippen molar-refractivity contribution in [2.75, 3.05) is 11.9 Å². The van der Waals surface area contributed by atoms with Crippen molar-refractivity contribution in [1.29, 1.82) is 0 Å². The standard InChI is InChI=1S/C19H17Cl2N3O2/c1-2-26-16-9-5-14(6-10-16)19(25)22-18-17(21)12-24(23-18)11-13-3-7-15(20)8-4-13/h3-10,12H,2,11H2,1H3,(H,22,23,25). The summed E-state index contributed by atoms with van der Waals surface area (Å²) in [6.45, 7) is 3.00. The van der Waals surface area contributed by atoms with E-state index >= 15 is 0 Å². The van der Waals surface area contributed by atoms with Gasteiger partial charge in [-0.05, 0) is 48.9 Å². The van der Waals surface area contributed by atoms with Crippen molar-refractivity contribution >= 4 is 34.9 Å². The van der Waals surface area contributed by atoms with E-state index in [1.165, 1.54) is 0 Å². The second-order valence-corrected chi connectivity index (χ2v) is 6.40. The van der Waals surface area contributed by atoms with Crippen molar-refractivity contribution in [3.05, 3.63) is 75.9 Å². The molecule has 1 N–H and O–H groups in total. The average molecular weight is 390 g/mol. The SMILES string of the molecule is CCOc1ccc(C(=O)Nc2nn(Cc3ccc(Cl)cc3)cc2Cl)cc1. The molecule has 2 aromatic carbocycles. The Labute approximate surface area is 161 Å². The van der Waals surface area contributed by atoms with E-state index in [-0.39, 0.29) is 5.91 Å². The number of carbonyl (C=O) groups is 1. The third-order valence-electron chi connectivity index (χ3n) is 3.63. The molecule has 0 radical (unpaired) electrons. The van der Waals surface area contributed by atoms with Crippen molar-refractivity contribution in [1.82, 2.24) is 9.78 Å².